The molecule has 0 unspecified atom stereocenters. The first-order valence-electron chi connectivity index (χ1n) is 11.5. The Labute approximate surface area is 184 Å². The molecule has 3 heterocycles. The Balaban J connectivity index is 1.26. The number of carbonyl (C=O) groups is 2. The van der Waals surface area contributed by atoms with E-state index in [1.165, 1.54) is 30.2 Å². The summed E-state index contributed by atoms with van der Waals surface area (Å²) in [5.41, 5.74) is 2.50. The number of piperidine rings is 2. The molecule has 2 aliphatic heterocycles. The van der Waals surface area contributed by atoms with E-state index in [1.54, 1.807) is 17.0 Å². The standard InChI is InChI=1S/C25H33N3O3/c1-19-8-12-27(13-9-19)18-22-6-3-2-5-21(22)17-26-24(29)20-10-14-28(15-11-20)25(30)23-7-4-16-31-23/h2-7,16,19-20H,8-15,17-18H2,1H3,(H,26,29). The van der Waals surface area contributed by atoms with E-state index in [2.05, 4.69) is 35.3 Å². The molecule has 1 N–H and O–H groups in total. The second kappa shape index (κ2) is 10.1. The largest absolute Gasteiger partial charge is 0.459 e. The minimum atomic E-state index is -0.0927. The smallest absolute Gasteiger partial charge is 0.289 e. The van der Waals surface area contributed by atoms with Crippen molar-refractivity contribution in [2.24, 2.45) is 11.8 Å². The zero-order valence-electron chi connectivity index (χ0n) is 18.4. The number of likely N-dealkylation sites (tertiary alicyclic amines) is 2. The summed E-state index contributed by atoms with van der Waals surface area (Å²) in [5, 5.41) is 3.15. The van der Waals surface area contributed by atoms with Crippen molar-refractivity contribution in [1.29, 1.82) is 0 Å². The molecule has 0 aliphatic carbocycles. The minimum absolute atomic E-state index is 0.0450. The van der Waals surface area contributed by atoms with E-state index in [4.69, 9.17) is 4.42 Å². The van der Waals surface area contributed by atoms with Gasteiger partial charge in [0, 0.05) is 32.1 Å². The molecule has 4 rings (SSSR count). The first-order chi connectivity index (χ1) is 15.1. The lowest BCUT2D eigenvalue weighted by atomic mass is 9.95. The van der Waals surface area contributed by atoms with E-state index < -0.39 is 0 Å². The van der Waals surface area contributed by atoms with E-state index in [9.17, 15) is 9.59 Å². The maximum Gasteiger partial charge on any atom is 0.289 e. The maximum absolute atomic E-state index is 12.8. The lowest BCUT2D eigenvalue weighted by Gasteiger charge is -2.31. The molecule has 0 spiro atoms. The van der Waals surface area contributed by atoms with Gasteiger partial charge in [-0.05, 0) is 68.0 Å². The molecule has 0 radical (unpaired) electrons. The van der Waals surface area contributed by atoms with Crippen LogP contribution in [0.1, 0.15) is 54.3 Å². The van der Waals surface area contributed by atoms with Gasteiger partial charge in [-0.2, -0.15) is 0 Å². The van der Waals surface area contributed by atoms with Gasteiger partial charge in [0.1, 0.15) is 0 Å². The van der Waals surface area contributed by atoms with Gasteiger partial charge in [-0.1, -0.05) is 31.2 Å². The third kappa shape index (κ3) is 5.56. The summed E-state index contributed by atoms with van der Waals surface area (Å²) in [7, 11) is 0. The fourth-order valence-electron chi connectivity index (χ4n) is 4.57. The van der Waals surface area contributed by atoms with Crippen LogP contribution in [-0.2, 0) is 17.9 Å². The first kappa shape index (κ1) is 21.6. The van der Waals surface area contributed by atoms with Gasteiger partial charge >= 0.3 is 0 Å². The Hall–Kier alpha value is -2.60. The van der Waals surface area contributed by atoms with Gasteiger partial charge in [0.05, 0.1) is 6.26 Å². The SMILES string of the molecule is CC1CCN(Cc2ccccc2CNC(=O)C2CCN(C(=O)c3ccco3)CC2)CC1. The first-order valence-corrected chi connectivity index (χ1v) is 11.5. The molecule has 6 nitrogen and oxygen atoms in total. The lowest BCUT2D eigenvalue weighted by Crippen LogP contribution is -2.42. The summed E-state index contributed by atoms with van der Waals surface area (Å²) < 4.78 is 5.21. The third-order valence-corrected chi connectivity index (χ3v) is 6.73. The lowest BCUT2D eigenvalue weighted by molar-refractivity contribution is -0.126. The fraction of sp³-hybridized carbons (Fsp3) is 0.520. The van der Waals surface area contributed by atoms with Crippen molar-refractivity contribution in [3.63, 3.8) is 0 Å². The van der Waals surface area contributed by atoms with Gasteiger partial charge in [-0.15, -0.1) is 0 Å². The molecule has 1 aromatic heterocycles. The number of rotatable bonds is 6. The van der Waals surface area contributed by atoms with Crippen molar-refractivity contribution in [2.45, 2.75) is 45.7 Å². The molecular formula is C25H33N3O3. The number of furan rings is 1. The Morgan fingerprint density at radius 3 is 2.35 bits per heavy atom. The molecule has 166 valence electrons. The normalized spacial score (nSPS) is 18.8. The van der Waals surface area contributed by atoms with E-state index in [1.807, 2.05) is 6.07 Å². The summed E-state index contributed by atoms with van der Waals surface area (Å²) in [6.45, 7) is 7.31. The van der Waals surface area contributed by atoms with Crippen LogP contribution in [0, 0.1) is 11.8 Å². The molecular weight excluding hydrogens is 390 g/mol. The zero-order chi connectivity index (χ0) is 21.6. The highest BCUT2D eigenvalue weighted by Gasteiger charge is 2.28. The monoisotopic (exact) mass is 423 g/mol. The average molecular weight is 424 g/mol. The highest BCUT2D eigenvalue weighted by molar-refractivity contribution is 5.91. The highest BCUT2D eigenvalue weighted by atomic mass is 16.3. The average Bonchev–Trinajstić information content (AvgIpc) is 3.34. The van der Waals surface area contributed by atoms with Crippen LogP contribution < -0.4 is 5.32 Å². The topological polar surface area (TPSA) is 65.8 Å². The predicted octanol–water partition coefficient (Wildman–Crippen LogP) is 3.68. The van der Waals surface area contributed by atoms with Crippen LogP contribution in [0.5, 0.6) is 0 Å². The van der Waals surface area contributed by atoms with Crippen LogP contribution in [0.3, 0.4) is 0 Å². The predicted molar refractivity (Wildman–Crippen MR) is 119 cm³/mol. The number of hydrogen-bond acceptors (Lipinski definition) is 4. The Kier molecular flexibility index (Phi) is 7.07. The van der Waals surface area contributed by atoms with Crippen LogP contribution >= 0.6 is 0 Å². The van der Waals surface area contributed by atoms with Gasteiger partial charge in [0.15, 0.2) is 5.76 Å². The molecule has 2 aliphatic rings. The summed E-state index contributed by atoms with van der Waals surface area (Å²) in [4.78, 5) is 29.5. The Morgan fingerprint density at radius 2 is 1.68 bits per heavy atom. The number of nitrogens with zero attached hydrogens (tertiary/aromatic N) is 2. The molecule has 6 heteroatoms. The second-order valence-corrected chi connectivity index (χ2v) is 8.99. The van der Waals surface area contributed by atoms with Crippen molar-refractivity contribution in [1.82, 2.24) is 15.1 Å². The van der Waals surface area contributed by atoms with Crippen LogP contribution in [0.2, 0.25) is 0 Å². The van der Waals surface area contributed by atoms with E-state index in [0.29, 0.717) is 38.2 Å². The fourth-order valence-corrected chi connectivity index (χ4v) is 4.57. The minimum Gasteiger partial charge on any atom is -0.459 e. The Morgan fingerprint density at radius 1 is 0.968 bits per heavy atom. The van der Waals surface area contributed by atoms with Crippen LogP contribution in [0.15, 0.2) is 47.1 Å². The molecule has 2 fully saturated rings. The van der Waals surface area contributed by atoms with Gasteiger partial charge in [0.25, 0.3) is 5.91 Å². The third-order valence-electron chi connectivity index (χ3n) is 6.73. The number of hydrogen-bond donors (Lipinski definition) is 1. The molecule has 0 bridgehead atoms. The number of benzene rings is 1. The van der Waals surface area contributed by atoms with E-state index >= 15 is 0 Å². The van der Waals surface area contributed by atoms with Crippen LogP contribution in [0.25, 0.3) is 0 Å². The number of amides is 2. The Bertz CT molecular complexity index is 864. The van der Waals surface area contributed by atoms with Crippen molar-refractivity contribution in [3.05, 3.63) is 59.5 Å². The summed E-state index contributed by atoms with van der Waals surface area (Å²) >= 11 is 0. The van der Waals surface area contributed by atoms with E-state index in [-0.39, 0.29) is 17.7 Å². The number of carbonyl (C=O) groups excluding carboxylic acids is 2. The van der Waals surface area contributed by atoms with Crippen molar-refractivity contribution < 1.29 is 14.0 Å². The van der Waals surface area contributed by atoms with Gasteiger partial charge in [-0.25, -0.2) is 0 Å². The van der Waals surface area contributed by atoms with Crippen LogP contribution in [0.4, 0.5) is 0 Å². The van der Waals surface area contributed by atoms with Gasteiger partial charge in [-0.3, -0.25) is 14.5 Å². The second-order valence-electron chi connectivity index (χ2n) is 8.99. The quantitative estimate of drug-likeness (QED) is 0.770. The summed E-state index contributed by atoms with van der Waals surface area (Å²) in [5.74, 6) is 1.14. The molecule has 2 amide bonds. The van der Waals surface area contributed by atoms with Crippen molar-refractivity contribution in [3.8, 4) is 0 Å². The molecule has 2 aromatic rings. The molecule has 0 saturated carbocycles. The molecule has 2 saturated heterocycles. The van der Waals surface area contributed by atoms with Crippen molar-refractivity contribution in [2.75, 3.05) is 26.2 Å². The van der Waals surface area contributed by atoms with Gasteiger partial charge in [0.2, 0.25) is 5.91 Å². The van der Waals surface area contributed by atoms with E-state index in [0.717, 1.165) is 25.6 Å². The summed E-state index contributed by atoms with van der Waals surface area (Å²) in [6.07, 6.45) is 5.41. The zero-order valence-corrected chi connectivity index (χ0v) is 18.4. The molecule has 0 atom stereocenters. The highest BCUT2D eigenvalue weighted by Crippen LogP contribution is 2.21. The molecule has 31 heavy (non-hydrogen) atoms. The number of nitrogens with one attached hydrogen (secondary N) is 1. The molecule has 1 aromatic carbocycles. The van der Waals surface area contributed by atoms with Gasteiger partial charge < -0.3 is 14.6 Å². The van der Waals surface area contributed by atoms with Crippen LogP contribution in [-0.4, -0.2) is 47.8 Å². The maximum atomic E-state index is 12.8. The summed E-state index contributed by atoms with van der Waals surface area (Å²) in [6, 6.07) is 11.8. The van der Waals surface area contributed by atoms with Crippen molar-refractivity contribution >= 4 is 11.8 Å².